The van der Waals surface area contributed by atoms with Gasteiger partial charge in [-0.1, -0.05) is 49.6 Å². The molecular weight excluding hydrogens is 384 g/mol. The molecule has 1 fully saturated rings. The van der Waals surface area contributed by atoms with Crippen LogP contribution < -0.4 is 5.32 Å². The Balaban J connectivity index is 1.52. The Morgan fingerprint density at radius 1 is 0.968 bits per heavy atom. The van der Waals surface area contributed by atoms with Crippen LogP contribution in [0.25, 0.3) is 28.0 Å². The molecule has 156 valence electrons. The van der Waals surface area contributed by atoms with E-state index in [4.69, 9.17) is 4.98 Å². The maximum absolute atomic E-state index is 13.0. The van der Waals surface area contributed by atoms with Crippen molar-refractivity contribution in [2.24, 2.45) is 0 Å². The smallest absolute Gasteiger partial charge is 0.270 e. The highest BCUT2D eigenvalue weighted by Crippen LogP contribution is 2.31. The van der Waals surface area contributed by atoms with Crippen LogP contribution >= 0.6 is 0 Å². The molecule has 1 aromatic carbocycles. The van der Waals surface area contributed by atoms with Crippen molar-refractivity contribution >= 4 is 11.6 Å². The number of aromatic nitrogens is 3. The van der Waals surface area contributed by atoms with Gasteiger partial charge in [0, 0.05) is 23.5 Å². The molecule has 0 spiro atoms. The van der Waals surface area contributed by atoms with Crippen molar-refractivity contribution in [1.82, 2.24) is 19.7 Å². The lowest BCUT2D eigenvalue weighted by atomic mass is 9.95. The SMILES string of the molecule is Cc1cccc(-c2ccccc2-c2ccc3ncc(C(=O)NC4CCCCC4)n3c2)n1. The number of rotatable bonds is 4. The summed E-state index contributed by atoms with van der Waals surface area (Å²) in [5, 5.41) is 3.21. The van der Waals surface area contributed by atoms with Gasteiger partial charge in [-0.05, 0) is 55.2 Å². The van der Waals surface area contributed by atoms with Crippen molar-refractivity contribution in [3.8, 4) is 22.4 Å². The Morgan fingerprint density at radius 2 is 1.77 bits per heavy atom. The zero-order chi connectivity index (χ0) is 21.2. The number of nitrogens with one attached hydrogen (secondary N) is 1. The predicted molar refractivity (Wildman–Crippen MR) is 123 cm³/mol. The molecule has 1 amide bonds. The maximum atomic E-state index is 13.0. The topological polar surface area (TPSA) is 59.3 Å². The second kappa shape index (κ2) is 8.34. The van der Waals surface area contributed by atoms with Crippen molar-refractivity contribution in [3.63, 3.8) is 0 Å². The summed E-state index contributed by atoms with van der Waals surface area (Å²) in [5.41, 5.74) is 6.44. The Labute approximate surface area is 182 Å². The molecule has 0 radical (unpaired) electrons. The normalized spacial score (nSPS) is 14.6. The van der Waals surface area contributed by atoms with E-state index in [-0.39, 0.29) is 11.9 Å². The molecule has 0 aliphatic heterocycles. The summed E-state index contributed by atoms with van der Waals surface area (Å²) in [7, 11) is 0. The van der Waals surface area contributed by atoms with Crippen LogP contribution in [-0.4, -0.2) is 26.3 Å². The molecule has 1 saturated carbocycles. The first-order chi connectivity index (χ1) is 15.2. The number of fused-ring (bicyclic) bond motifs is 1. The monoisotopic (exact) mass is 410 g/mol. The third-order valence-electron chi connectivity index (χ3n) is 6.08. The Morgan fingerprint density at radius 3 is 2.58 bits per heavy atom. The summed E-state index contributed by atoms with van der Waals surface area (Å²) in [4.78, 5) is 22.1. The summed E-state index contributed by atoms with van der Waals surface area (Å²) in [6.45, 7) is 2.00. The first-order valence-electron chi connectivity index (χ1n) is 11.0. The van der Waals surface area contributed by atoms with E-state index in [1.54, 1.807) is 6.20 Å². The fourth-order valence-electron chi connectivity index (χ4n) is 4.47. The molecule has 1 aliphatic carbocycles. The number of nitrogens with zero attached hydrogens (tertiary/aromatic N) is 3. The van der Waals surface area contributed by atoms with Crippen LogP contribution in [0.15, 0.2) is 67.0 Å². The first kappa shape index (κ1) is 19.5. The zero-order valence-corrected chi connectivity index (χ0v) is 17.7. The van der Waals surface area contributed by atoms with Crippen LogP contribution in [0.5, 0.6) is 0 Å². The van der Waals surface area contributed by atoms with Gasteiger partial charge >= 0.3 is 0 Å². The van der Waals surface area contributed by atoms with Gasteiger partial charge in [0.1, 0.15) is 11.3 Å². The Kier molecular flexibility index (Phi) is 5.24. The number of amides is 1. The number of imidazole rings is 1. The molecule has 3 heterocycles. The molecule has 5 rings (SSSR count). The Bertz CT molecular complexity index is 1240. The van der Waals surface area contributed by atoms with E-state index < -0.39 is 0 Å². The van der Waals surface area contributed by atoms with E-state index in [0.717, 1.165) is 46.6 Å². The number of aryl methyl sites for hydroxylation is 1. The van der Waals surface area contributed by atoms with Crippen LogP contribution in [0.1, 0.15) is 48.3 Å². The van der Waals surface area contributed by atoms with Gasteiger partial charge in [-0.25, -0.2) is 4.98 Å². The molecule has 1 N–H and O–H groups in total. The van der Waals surface area contributed by atoms with Gasteiger partial charge in [0.25, 0.3) is 5.91 Å². The van der Waals surface area contributed by atoms with E-state index >= 15 is 0 Å². The van der Waals surface area contributed by atoms with Crippen molar-refractivity contribution in [1.29, 1.82) is 0 Å². The van der Waals surface area contributed by atoms with Gasteiger partial charge in [-0.2, -0.15) is 0 Å². The minimum Gasteiger partial charge on any atom is -0.348 e. The Hall–Kier alpha value is -3.47. The van der Waals surface area contributed by atoms with Crippen molar-refractivity contribution in [2.45, 2.75) is 45.1 Å². The van der Waals surface area contributed by atoms with E-state index in [1.807, 2.05) is 53.9 Å². The standard InChI is InChI=1S/C26H26N4O/c1-18-8-7-13-23(28-18)22-12-6-5-11-21(22)19-14-15-25-27-16-24(30(25)17-19)26(31)29-20-9-3-2-4-10-20/h5-8,11-17,20H,2-4,9-10H2,1H3,(H,29,31). The van der Waals surface area contributed by atoms with Gasteiger partial charge < -0.3 is 5.32 Å². The number of benzene rings is 1. The van der Waals surface area contributed by atoms with Gasteiger partial charge in [0.2, 0.25) is 0 Å². The van der Waals surface area contributed by atoms with Crippen LogP contribution in [-0.2, 0) is 0 Å². The fourth-order valence-corrected chi connectivity index (χ4v) is 4.47. The molecule has 1 aliphatic rings. The van der Waals surface area contributed by atoms with E-state index in [0.29, 0.717) is 5.69 Å². The average Bonchev–Trinajstić information content (AvgIpc) is 3.23. The lowest BCUT2D eigenvalue weighted by Gasteiger charge is -2.22. The predicted octanol–water partition coefficient (Wildman–Crippen LogP) is 5.43. The van der Waals surface area contributed by atoms with Crippen LogP contribution in [0.3, 0.4) is 0 Å². The number of hydrogen-bond acceptors (Lipinski definition) is 3. The number of pyridine rings is 2. The molecule has 3 aromatic heterocycles. The van der Waals surface area contributed by atoms with Crippen molar-refractivity contribution in [2.75, 3.05) is 0 Å². The maximum Gasteiger partial charge on any atom is 0.270 e. The molecule has 0 unspecified atom stereocenters. The average molecular weight is 411 g/mol. The highest BCUT2D eigenvalue weighted by Gasteiger charge is 2.19. The summed E-state index contributed by atoms with van der Waals surface area (Å²) in [5.74, 6) is -0.0508. The number of carbonyl (C=O) groups is 1. The van der Waals surface area contributed by atoms with E-state index in [9.17, 15) is 4.79 Å². The molecule has 0 bridgehead atoms. The third-order valence-corrected chi connectivity index (χ3v) is 6.08. The highest BCUT2D eigenvalue weighted by molar-refractivity contribution is 5.94. The zero-order valence-electron chi connectivity index (χ0n) is 17.7. The summed E-state index contributed by atoms with van der Waals surface area (Å²) in [6, 6.07) is 18.6. The van der Waals surface area contributed by atoms with Crippen molar-refractivity contribution < 1.29 is 4.79 Å². The first-order valence-corrected chi connectivity index (χ1v) is 11.0. The quantitative estimate of drug-likeness (QED) is 0.488. The molecule has 4 aromatic rings. The second-order valence-corrected chi connectivity index (χ2v) is 8.31. The minimum absolute atomic E-state index is 0.0508. The number of hydrogen-bond donors (Lipinski definition) is 1. The molecule has 5 heteroatoms. The van der Waals surface area contributed by atoms with Gasteiger partial charge in [-0.3, -0.25) is 14.2 Å². The largest absolute Gasteiger partial charge is 0.348 e. The molecule has 0 atom stereocenters. The summed E-state index contributed by atoms with van der Waals surface area (Å²) < 4.78 is 1.90. The lowest BCUT2D eigenvalue weighted by molar-refractivity contribution is 0.0922. The molecule has 0 saturated heterocycles. The van der Waals surface area contributed by atoms with Gasteiger partial charge in [-0.15, -0.1) is 0 Å². The molecule has 5 nitrogen and oxygen atoms in total. The number of carbonyl (C=O) groups excluding carboxylic acids is 1. The summed E-state index contributed by atoms with van der Waals surface area (Å²) in [6.07, 6.45) is 9.44. The second-order valence-electron chi connectivity index (χ2n) is 8.31. The molecular formula is C26H26N4O. The highest BCUT2D eigenvalue weighted by atomic mass is 16.2. The minimum atomic E-state index is -0.0508. The van der Waals surface area contributed by atoms with Crippen LogP contribution in [0.4, 0.5) is 0 Å². The van der Waals surface area contributed by atoms with E-state index in [2.05, 4.69) is 28.5 Å². The summed E-state index contributed by atoms with van der Waals surface area (Å²) >= 11 is 0. The van der Waals surface area contributed by atoms with Crippen LogP contribution in [0, 0.1) is 6.92 Å². The van der Waals surface area contributed by atoms with Gasteiger partial charge in [0.05, 0.1) is 11.9 Å². The van der Waals surface area contributed by atoms with Gasteiger partial charge in [0.15, 0.2) is 0 Å². The lowest BCUT2D eigenvalue weighted by Crippen LogP contribution is -2.36. The third kappa shape index (κ3) is 3.96. The van der Waals surface area contributed by atoms with Crippen LogP contribution in [0.2, 0.25) is 0 Å². The van der Waals surface area contributed by atoms with E-state index in [1.165, 1.54) is 19.3 Å². The van der Waals surface area contributed by atoms with Crippen molar-refractivity contribution in [3.05, 3.63) is 78.4 Å². The fraction of sp³-hybridized carbons (Fsp3) is 0.269. The molecule has 31 heavy (non-hydrogen) atoms.